The molecule has 1 aromatic heterocycles. The Bertz CT molecular complexity index is 636. The molecule has 1 aliphatic rings. The summed E-state index contributed by atoms with van der Waals surface area (Å²) in [5.74, 6) is -1.14. The zero-order valence-electron chi connectivity index (χ0n) is 11.6. The molecule has 0 unspecified atom stereocenters. The molecule has 3 nitrogen and oxygen atoms in total. The van der Waals surface area contributed by atoms with Crippen molar-refractivity contribution < 1.29 is 8.78 Å². The van der Waals surface area contributed by atoms with E-state index in [-0.39, 0.29) is 4.90 Å². The second kappa shape index (κ2) is 6.07. The van der Waals surface area contributed by atoms with E-state index in [1.807, 2.05) is 6.92 Å². The third kappa shape index (κ3) is 3.77. The lowest BCUT2D eigenvalue weighted by Crippen LogP contribution is -2.15. The SMILES string of the molecule is Cc1ccnc(Sc2c(F)cc(CNC3CC3)cc2F)n1. The maximum absolute atomic E-state index is 14.1. The average Bonchev–Trinajstić information content (AvgIpc) is 3.25. The average molecular weight is 307 g/mol. The lowest BCUT2D eigenvalue weighted by Gasteiger charge is -2.08. The van der Waals surface area contributed by atoms with E-state index < -0.39 is 11.6 Å². The Kier molecular flexibility index (Phi) is 4.17. The molecule has 3 rings (SSSR count). The van der Waals surface area contributed by atoms with E-state index in [4.69, 9.17) is 0 Å². The first-order valence-corrected chi connectivity index (χ1v) is 7.62. The van der Waals surface area contributed by atoms with Crippen molar-refractivity contribution in [2.75, 3.05) is 0 Å². The number of rotatable bonds is 5. The van der Waals surface area contributed by atoms with Gasteiger partial charge >= 0.3 is 0 Å². The summed E-state index contributed by atoms with van der Waals surface area (Å²) < 4.78 is 28.2. The van der Waals surface area contributed by atoms with Crippen LogP contribution in [0.15, 0.2) is 34.4 Å². The third-order valence-corrected chi connectivity index (χ3v) is 4.17. The van der Waals surface area contributed by atoms with Crippen LogP contribution in [0.5, 0.6) is 0 Å². The summed E-state index contributed by atoms with van der Waals surface area (Å²) in [6, 6.07) is 4.99. The smallest absolute Gasteiger partial charge is 0.192 e. The molecule has 1 saturated carbocycles. The first kappa shape index (κ1) is 14.4. The monoisotopic (exact) mass is 307 g/mol. The van der Waals surface area contributed by atoms with Gasteiger partial charge in [0.1, 0.15) is 11.6 Å². The van der Waals surface area contributed by atoms with Gasteiger partial charge in [-0.2, -0.15) is 0 Å². The molecule has 0 amide bonds. The maximum atomic E-state index is 14.1. The van der Waals surface area contributed by atoms with Crippen LogP contribution in [-0.4, -0.2) is 16.0 Å². The number of nitrogens with one attached hydrogen (secondary N) is 1. The third-order valence-electron chi connectivity index (χ3n) is 3.20. The summed E-state index contributed by atoms with van der Waals surface area (Å²) in [6.45, 7) is 2.30. The molecule has 1 aromatic carbocycles. The van der Waals surface area contributed by atoms with Crippen LogP contribution < -0.4 is 5.32 Å². The molecule has 0 saturated heterocycles. The van der Waals surface area contributed by atoms with Crippen molar-refractivity contribution in [2.45, 2.75) is 42.4 Å². The van der Waals surface area contributed by atoms with Gasteiger partial charge in [-0.1, -0.05) is 0 Å². The van der Waals surface area contributed by atoms with Gasteiger partial charge in [0.25, 0.3) is 0 Å². The first-order chi connectivity index (χ1) is 10.1. The van der Waals surface area contributed by atoms with Gasteiger partial charge in [0.2, 0.25) is 0 Å². The fourth-order valence-electron chi connectivity index (χ4n) is 1.93. The molecule has 1 fully saturated rings. The lowest BCUT2D eigenvalue weighted by molar-refractivity contribution is 0.533. The van der Waals surface area contributed by atoms with Gasteiger partial charge in [-0.15, -0.1) is 0 Å². The van der Waals surface area contributed by atoms with Gasteiger partial charge in [0, 0.05) is 24.5 Å². The molecule has 1 N–H and O–H groups in total. The fraction of sp³-hybridized carbons (Fsp3) is 0.333. The standard InChI is InChI=1S/C15H15F2N3S/c1-9-4-5-18-15(20-9)21-14-12(16)6-10(7-13(14)17)8-19-11-2-3-11/h4-7,11,19H,2-3,8H2,1H3. The molecule has 0 aliphatic heterocycles. The number of hydrogen-bond acceptors (Lipinski definition) is 4. The van der Waals surface area contributed by atoms with Crippen molar-refractivity contribution in [1.82, 2.24) is 15.3 Å². The minimum absolute atomic E-state index is 0.0595. The van der Waals surface area contributed by atoms with Crippen LogP contribution in [0.3, 0.4) is 0 Å². The number of hydrogen-bond donors (Lipinski definition) is 1. The number of halogens is 2. The highest BCUT2D eigenvalue weighted by Crippen LogP contribution is 2.31. The predicted molar refractivity (Wildman–Crippen MR) is 77.1 cm³/mol. The summed E-state index contributed by atoms with van der Waals surface area (Å²) in [5.41, 5.74) is 1.38. The Hall–Kier alpha value is -1.53. The van der Waals surface area contributed by atoms with Crippen molar-refractivity contribution in [1.29, 1.82) is 0 Å². The van der Waals surface area contributed by atoms with Crippen molar-refractivity contribution >= 4 is 11.8 Å². The van der Waals surface area contributed by atoms with Crippen molar-refractivity contribution in [2.24, 2.45) is 0 Å². The van der Waals surface area contributed by atoms with E-state index in [1.165, 1.54) is 12.1 Å². The van der Waals surface area contributed by atoms with Gasteiger partial charge < -0.3 is 5.32 Å². The topological polar surface area (TPSA) is 37.8 Å². The molecule has 0 bridgehead atoms. The number of aryl methyl sites for hydroxylation is 1. The quantitative estimate of drug-likeness (QED) is 0.858. The van der Waals surface area contributed by atoms with Gasteiger partial charge in [0.15, 0.2) is 5.16 Å². The van der Waals surface area contributed by atoms with E-state index in [0.717, 1.165) is 30.3 Å². The molecule has 1 aliphatic carbocycles. The first-order valence-electron chi connectivity index (χ1n) is 6.80. The number of benzene rings is 1. The molecule has 1 heterocycles. The zero-order valence-corrected chi connectivity index (χ0v) is 12.4. The molecule has 6 heteroatoms. The highest BCUT2D eigenvalue weighted by atomic mass is 32.2. The minimum atomic E-state index is -0.572. The second-order valence-electron chi connectivity index (χ2n) is 5.13. The Morgan fingerprint density at radius 3 is 2.62 bits per heavy atom. The van der Waals surface area contributed by atoms with Crippen LogP contribution in [-0.2, 0) is 6.54 Å². The maximum Gasteiger partial charge on any atom is 0.192 e. The summed E-state index contributed by atoms with van der Waals surface area (Å²) in [6.07, 6.45) is 3.86. The van der Waals surface area contributed by atoms with Crippen molar-refractivity contribution in [3.8, 4) is 0 Å². The molecule has 21 heavy (non-hydrogen) atoms. The molecule has 0 atom stereocenters. The van der Waals surface area contributed by atoms with E-state index in [0.29, 0.717) is 23.3 Å². The molecule has 0 spiro atoms. The Labute approximate surface area is 126 Å². The van der Waals surface area contributed by atoms with E-state index in [9.17, 15) is 8.78 Å². The van der Waals surface area contributed by atoms with Crippen LogP contribution in [0.2, 0.25) is 0 Å². The summed E-state index contributed by atoms with van der Waals surface area (Å²) >= 11 is 0.908. The normalized spacial score (nSPS) is 14.4. The van der Waals surface area contributed by atoms with E-state index in [2.05, 4.69) is 15.3 Å². The highest BCUT2D eigenvalue weighted by Gasteiger charge is 2.21. The summed E-state index contributed by atoms with van der Waals surface area (Å²) in [4.78, 5) is 8.10. The summed E-state index contributed by atoms with van der Waals surface area (Å²) in [7, 11) is 0. The lowest BCUT2D eigenvalue weighted by atomic mass is 10.2. The Morgan fingerprint density at radius 2 is 2.00 bits per heavy atom. The highest BCUT2D eigenvalue weighted by molar-refractivity contribution is 7.99. The van der Waals surface area contributed by atoms with E-state index >= 15 is 0 Å². The zero-order chi connectivity index (χ0) is 14.8. The van der Waals surface area contributed by atoms with Crippen LogP contribution in [0, 0.1) is 18.6 Å². The minimum Gasteiger partial charge on any atom is -0.310 e. The number of aromatic nitrogens is 2. The van der Waals surface area contributed by atoms with Crippen LogP contribution in [0.4, 0.5) is 8.78 Å². The van der Waals surface area contributed by atoms with Gasteiger partial charge in [-0.3, -0.25) is 0 Å². The van der Waals surface area contributed by atoms with E-state index in [1.54, 1.807) is 12.3 Å². The van der Waals surface area contributed by atoms with Crippen LogP contribution in [0.1, 0.15) is 24.1 Å². The van der Waals surface area contributed by atoms with Crippen molar-refractivity contribution in [3.05, 3.63) is 47.3 Å². The Balaban J connectivity index is 1.78. The molecule has 0 radical (unpaired) electrons. The summed E-state index contributed by atoms with van der Waals surface area (Å²) in [5, 5.41) is 3.58. The predicted octanol–water partition coefficient (Wildman–Crippen LogP) is 3.47. The Morgan fingerprint density at radius 1 is 1.29 bits per heavy atom. The van der Waals surface area contributed by atoms with Crippen LogP contribution >= 0.6 is 11.8 Å². The molecule has 110 valence electrons. The van der Waals surface area contributed by atoms with Gasteiger partial charge in [-0.25, -0.2) is 18.7 Å². The largest absolute Gasteiger partial charge is 0.310 e. The van der Waals surface area contributed by atoms with Gasteiger partial charge in [-0.05, 0) is 55.3 Å². The van der Waals surface area contributed by atoms with Crippen molar-refractivity contribution in [3.63, 3.8) is 0 Å². The molecular formula is C15H15F2N3S. The molecule has 2 aromatic rings. The van der Waals surface area contributed by atoms with Crippen LogP contribution in [0.25, 0.3) is 0 Å². The fourth-order valence-corrected chi connectivity index (χ4v) is 2.73. The second-order valence-corrected chi connectivity index (χ2v) is 6.10. The van der Waals surface area contributed by atoms with Gasteiger partial charge in [0.05, 0.1) is 4.90 Å². The number of nitrogens with zero attached hydrogens (tertiary/aromatic N) is 2. The molecular weight excluding hydrogens is 292 g/mol.